The van der Waals surface area contributed by atoms with Gasteiger partial charge in [0.25, 0.3) is 11.8 Å². The van der Waals surface area contributed by atoms with Gasteiger partial charge in [0.2, 0.25) is 0 Å². The van der Waals surface area contributed by atoms with Crippen LogP contribution in [0.4, 0.5) is 0 Å². The predicted molar refractivity (Wildman–Crippen MR) is 116 cm³/mol. The van der Waals surface area contributed by atoms with Crippen molar-refractivity contribution in [2.45, 2.75) is 52.6 Å². The zero-order chi connectivity index (χ0) is 21.4. The summed E-state index contributed by atoms with van der Waals surface area (Å²) in [7, 11) is 0. The minimum atomic E-state index is -0.398. The number of hydrazine groups is 1. The van der Waals surface area contributed by atoms with E-state index in [1.165, 1.54) is 11.3 Å². The Hall–Kier alpha value is -3.00. The number of hydrogen-bond acceptors (Lipinski definition) is 6. The first-order valence-electron chi connectivity index (χ1n) is 9.98. The second-order valence-electron chi connectivity index (χ2n) is 7.78. The highest BCUT2D eigenvalue weighted by Crippen LogP contribution is 2.40. The van der Waals surface area contributed by atoms with Gasteiger partial charge in [0.05, 0.1) is 16.7 Å². The Kier molecular flexibility index (Phi) is 5.42. The summed E-state index contributed by atoms with van der Waals surface area (Å²) in [5.74, 6) is 1.24. The normalized spacial score (nSPS) is 13.5. The highest BCUT2D eigenvalue weighted by molar-refractivity contribution is 7.20. The van der Waals surface area contributed by atoms with Crippen LogP contribution in [0.2, 0.25) is 0 Å². The molecule has 0 radical (unpaired) electrons. The standard InChI is InChI=1S/C22H24N4O3S/c1-11(2)29-16-9-7-15(8-10-16)20(27)25-26-21(28)18-12(3)17-13(4)23-19(14-5-6-14)24-22(17)30-18/h7-11,14H,5-6H2,1-4H3,(H,25,27)(H,26,28). The van der Waals surface area contributed by atoms with Gasteiger partial charge in [-0.3, -0.25) is 20.4 Å². The zero-order valence-corrected chi connectivity index (χ0v) is 18.2. The molecule has 0 saturated heterocycles. The molecule has 1 aliphatic rings. The third-order valence-corrected chi connectivity index (χ3v) is 6.10. The number of nitrogens with zero attached hydrogens (tertiary/aromatic N) is 2. The lowest BCUT2D eigenvalue weighted by atomic mass is 10.1. The lowest BCUT2D eigenvalue weighted by Gasteiger charge is -2.10. The molecular weight excluding hydrogens is 400 g/mol. The van der Waals surface area contributed by atoms with Gasteiger partial charge in [-0.05, 0) is 70.4 Å². The van der Waals surface area contributed by atoms with Crippen LogP contribution >= 0.6 is 11.3 Å². The highest BCUT2D eigenvalue weighted by Gasteiger charge is 2.28. The molecule has 30 heavy (non-hydrogen) atoms. The first-order chi connectivity index (χ1) is 14.3. The molecule has 156 valence electrons. The van der Waals surface area contributed by atoms with Crippen molar-refractivity contribution in [3.63, 3.8) is 0 Å². The van der Waals surface area contributed by atoms with Crippen molar-refractivity contribution in [2.75, 3.05) is 0 Å². The summed E-state index contributed by atoms with van der Waals surface area (Å²) in [6.07, 6.45) is 2.31. The Labute approximate surface area is 178 Å². The number of benzene rings is 1. The van der Waals surface area contributed by atoms with Gasteiger partial charge in [0, 0.05) is 16.9 Å². The average molecular weight is 425 g/mol. The van der Waals surface area contributed by atoms with E-state index in [9.17, 15) is 9.59 Å². The van der Waals surface area contributed by atoms with Crippen LogP contribution in [0.25, 0.3) is 10.2 Å². The largest absolute Gasteiger partial charge is 0.491 e. The van der Waals surface area contributed by atoms with Crippen molar-refractivity contribution in [2.24, 2.45) is 0 Å². The number of carbonyl (C=O) groups excluding carboxylic acids is 2. The van der Waals surface area contributed by atoms with E-state index >= 15 is 0 Å². The number of amides is 2. The second kappa shape index (κ2) is 8.02. The van der Waals surface area contributed by atoms with E-state index in [2.05, 4.69) is 20.8 Å². The molecule has 7 nitrogen and oxygen atoms in total. The molecule has 2 amide bonds. The smallest absolute Gasteiger partial charge is 0.280 e. The Balaban J connectivity index is 1.46. The molecule has 1 saturated carbocycles. The van der Waals surface area contributed by atoms with Crippen molar-refractivity contribution < 1.29 is 14.3 Å². The lowest BCUT2D eigenvalue weighted by Crippen LogP contribution is -2.41. The monoisotopic (exact) mass is 424 g/mol. The molecule has 2 N–H and O–H groups in total. The maximum absolute atomic E-state index is 12.7. The summed E-state index contributed by atoms with van der Waals surface area (Å²) in [6, 6.07) is 6.77. The third-order valence-electron chi connectivity index (χ3n) is 4.91. The molecule has 1 fully saturated rings. The van der Waals surface area contributed by atoms with Crippen LogP contribution in [0.5, 0.6) is 5.75 Å². The van der Waals surface area contributed by atoms with Gasteiger partial charge >= 0.3 is 0 Å². The molecule has 3 aromatic rings. The van der Waals surface area contributed by atoms with E-state index < -0.39 is 5.91 Å². The summed E-state index contributed by atoms with van der Waals surface area (Å²) < 4.78 is 5.57. The number of aromatic nitrogens is 2. The summed E-state index contributed by atoms with van der Waals surface area (Å²) in [5, 5.41) is 0.918. The first kappa shape index (κ1) is 20.3. The van der Waals surface area contributed by atoms with Gasteiger partial charge in [-0.25, -0.2) is 9.97 Å². The van der Waals surface area contributed by atoms with E-state index in [1.54, 1.807) is 24.3 Å². The Morgan fingerprint density at radius 2 is 1.73 bits per heavy atom. The number of rotatable bonds is 5. The van der Waals surface area contributed by atoms with Gasteiger partial charge in [-0.1, -0.05) is 0 Å². The quantitative estimate of drug-likeness (QED) is 0.603. The molecule has 0 bridgehead atoms. The minimum absolute atomic E-state index is 0.0576. The number of ether oxygens (including phenoxy) is 1. The van der Waals surface area contributed by atoms with E-state index in [1.807, 2.05) is 27.7 Å². The fourth-order valence-corrected chi connectivity index (χ4v) is 4.43. The Bertz CT molecular complexity index is 1120. The van der Waals surface area contributed by atoms with Crippen molar-refractivity contribution in [3.8, 4) is 5.75 Å². The topological polar surface area (TPSA) is 93.2 Å². The SMILES string of the molecule is Cc1nc(C2CC2)nc2sc(C(=O)NNC(=O)c3ccc(OC(C)C)cc3)c(C)c12. The van der Waals surface area contributed by atoms with Crippen LogP contribution in [0.15, 0.2) is 24.3 Å². The molecule has 2 heterocycles. The molecule has 1 aliphatic carbocycles. The predicted octanol–water partition coefficient (Wildman–Crippen LogP) is 4.05. The molecular formula is C22H24N4O3S. The van der Waals surface area contributed by atoms with Gasteiger partial charge in [-0.15, -0.1) is 11.3 Å². The molecule has 1 aromatic carbocycles. The van der Waals surface area contributed by atoms with Crippen LogP contribution in [0.3, 0.4) is 0 Å². The molecule has 0 unspecified atom stereocenters. The second-order valence-corrected chi connectivity index (χ2v) is 8.78. The first-order valence-corrected chi connectivity index (χ1v) is 10.8. The summed E-state index contributed by atoms with van der Waals surface area (Å²) >= 11 is 1.33. The molecule has 4 rings (SSSR count). The van der Waals surface area contributed by atoms with E-state index in [0.717, 1.165) is 40.1 Å². The maximum Gasteiger partial charge on any atom is 0.280 e. The molecule has 2 aromatic heterocycles. The van der Waals surface area contributed by atoms with E-state index in [4.69, 9.17) is 4.74 Å². The van der Waals surface area contributed by atoms with Gasteiger partial charge in [0.1, 0.15) is 16.4 Å². The Morgan fingerprint density at radius 3 is 2.37 bits per heavy atom. The van der Waals surface area contributed by atoms with Gasteiger partial charge in [0.15, 0.2) is 0 Å². The number of nitrogens with one attached hydrogen (secondary N) is 2. The van der Waals surface area contributed by atoms with Gasteiger partial charge in [-0.2, -0.15) is 0 Å². The van der Waals surface area contributed by atoms with Crippen molar-refractivity contribution in [1.82, 2.24) is 20.8 Å². The third kappa shape index (κ3) is 4.14. The molecule has 0 aliphatic heterocycles. The van der Waals surface area contributed by atoms with Crippen LogP contribution in [0.1, 0.15) is 69.7 Å². The van der Waals surface area contributed by atoms with Gasteiger partial charge < -0.3 is 4.74 Å². The van der Waals surface area contributed by atoms with E-state index in [-0.39, 0.29) is 12.0 Å². The fraction of sp³-hybridized carbons (Fsp3) is 0.364. The van der Waals surface area contributed by atoms with Crippen molar-refractivity contribution in [3.05, 3.63) is 51.8 Å². The minimum Gasteiger partial charge on any atom is -0.491 e. The lowest BCUT2D eigenvalue weighted by molar-refractivity contribution is 0.0848. The molecule has 8 heteroatoms. The van der Waals surface area contributed by atoms with Crippen LogP contribution in [0, 0.1) is 13.8 Å². The molecule has 0 spiro atoms. The number of aryl methyl sites for hydroxylation is 2. The van der Waals surface area contributed by atoms with Crippen LogP contribution in [-0.4, -0.2) is 27.9 Å². The Morgan fingerprint density at radius 1 is 1.07 bits per heavy atom. The summed E-state index contributed by atoms with van der Waals surface area (Å²) in [5.41, 5.74) is 7.13. The number of fused-ring (bicyclic) bond motifs is 1. The van der Waals surface area contributed by atoms with Crippen LogP contribution in [-0.2, 0) is 0 Å². The van der Waals surface area contributed by atoms with E-state index in [0.29, 0.717) is 22.1 Å². The molecule has 0 atom stereocenters. The van der Waals surface area contributed by atoms with Crippen molar-refractivity contribution >= 4 is 33.4 Å². The number of carbonyl (C=O) groups is 2. The van der Waals surface area contributed by atoms with Crippen molar-refractivity contribution in [1.29, 1.82) is 0 Å². The summed E-state index contributed by atoms with van der Waals surface area (Å²) in [4.78, 5) is 35.7. The highest BCUT2D eigenvalue weighted by atomic mass is 32.1. The average Bonchev–Trinajstić information content (AvgIpc) is 3.49. The summed E-state index contributed by atoms with van der Waals surface area (Å²) in [6.45, 7) is 7.71. The maximum atomic E-state index is 12.7. The zero-order valence-electron chi connectivity index (χ0n) is 17.4. The number of hydrogen-bond donors (Lipinski definition) is 2. The van der Waals surface area contributed by atoms with Crippen LogP contribution < -0.4 is 15.6 Å². The fourth-order valence-electron chi connectivity index (χ4n) is 3.30. The number of thiophene rings is 1.